The molecule has 4 nitrogen and oxygen atoms in total. The van der Waals surface area contributed by atoms with E-state index in [9.17, 15) is 4.79 Å². The molecule has 4 heteroatoms. The minimum Gasteiger partial charge on any atom is -0.376 e. The van der Waals surface area contributed by atoms with Gasteiger partial charge in [0.15, 0.2) is 0 Å². The summed E-state index contributed by atoms with van der Waals surface area (Å²) in [6, 6.07) is 0.0867. The van der Waals surface area contributed by atoms with Gasteiger partial charge in [0.25, 0.3) is 0 Å². The van der Waals surface area contributed by atoms with E-state index < -0.39 is 0 Å². The van der Waals surface area contributed by atoms with Crippen molar-refractivity contribution < 1.29 is 9.53 Å². The number of methoxy groups -OCH3 is 1. The highest BCUT2D eigenvalue weighted by atomic mass is 16.5. The Labute approximate surface area is 109 Å². The van der Waals surface area contributed by atoms with Gasteiger partial charge in [-0.25, -0.2) is 0 Å². The largest absolute Gasteiger partial charge is 0.376 e. The Kier molecular flexibility index (Phi) is 3.10. The molecule has 4 atom stereocenters. The first-order valence-electron chi connectivity index (χ1n) is 7.24. The van der Waals surface area contributed by atoms with Gasteiger partial charge in [0.05, 0.1) is 11.5 Å². The van der Waals surface area contributed by atoms with Gasteiger partial charge in [-0.1, -0.05) is 0 Å². The van der Waals surface area contributed by atoms with Crippen molar-refractivity contribution in [3.8, 4) is 0 Å². The topological polar surface area (TPSA) is 64.3 Å². The monoisotopic (exact) mass is 252 g/mol. The predicted octanol–water partition coefficient (Wildman–Crippen LogP) is 1.05. The first-order valence-corrected chi connectivity index (χ1v) is 7.24. The Morgan fingerprint density at radius 1 is 1.39 bits per heavy atom. The van der Waals surface area contributed by atoms with E-state index in [0.29, 0.717) is 18.4 Å². The number of rotatable bonds is 4. The van der Waals surface area contributed by atoms with Crippen molar-refractivity contribution in [1.29, 1.82) is 0 Å². The van der Waals surface area contributed by atoms with Crippen LogP contribution in [-0.4, -0.2) is 31.2 Å². The first kappa shape index (κ1) is 12.4. The lowest BCUT2D eigenvalue weighted by molar-refractivity contribution is -0.130. The minimum absolute atomic E-state index is 0.0535. The van der Waals surface area contributed by atoms with Crippen LogP contribution in [-0.2, 0) is 9.53 Å². The van der Waals surface area contributed by atoms with Crippen molar-refractivity contribution in [1.82, 2.24) is 5.32 Å². The summed E-state index contributed by atoms with van der Waals surface area (Å²) >= 11 is 0. The van der Waals surface area contributed by atoms with Gasteiger partial charge in [-0.15, -0.1) is 0 Å². The fourth-order valence-corrected chi connectivity index (χ4v) is 4.12. The van der Waals surface area contributed by atoms with E-state index >= 15 is 0 Å². The Balaban J connectivity index is 1.55. The van der Waals surface area contributed by atoms with E-state index in [1.165, 1.54) is 19.3 Å². The molecule has 102 valence electrons. The summed E-state index contributed by atoms with van der Waals surface area (Å²) in [5, 5.41) is 3.09. The van der Waals surface area contributed by atoms with Gasteiger partial charge >= 0.3 is 0 Å². The zero-order valence-electron chi connectivity index (χ0n) is 11.2. The van der Waals surface area contributed by atoms with Gasteiger partial charge in [-0.3, -0.25) is 4.79 Å². The molecule has 0 aliphatic heterocycles. The zero-order chi connectivity index (χ0) is 12.8. The van der Waals surface area contributed by atoms with Gasteiger partial charge in [0.2, 0.25) is 5.91 Å². The van der Waals surface area contributed by atoms with E-state index in [1.54, 1.807) is 7.11 Å². The maximum absolute atomic E-state index is 12.3. The van der Waals surface area contributed by atoms with E-state index in [4.69, 9.17) is 10.5 Å². The van der Waals surface area contributed by atoms with Gasteiger partial charge in [-0.2, -0.15) is 0 Å². The van der Waals surface area contributed by atoms with Crippen LogP contribution in [0.15, 0.2) is 0 Å². The SMILES string of the molecule is COC1(CNC(=O)C2C3CCC(C3)C2N)CCC1. The molecule has 4 unspecified atom stereocenters. The summed E-state index contributed by atoms with van der Waals surface area (Å²) in [4.78, 5) is 12.3. The third kappa shape index (κ3) is 1.86. The van der Waals surface area contributed by atoms with E-state index in [0.717, 1.165) is 19.3 Å². The number of carbonyl (C=O) groups excluding carboxylic acids is 1. The number of ether oxygens (including phenoxy) is 1. The highest BCUT2D eigenvalue weighted by Gasteiger charge is 2.49. The van der Waals surface area contributed by atoms with Crippen molar-refractivity contribution >= 4 is 5.91 Å². The minimum atomic E-state index is -0.0859. The van der Waals surface area contributed by atoms with Crippen molar-refractivity contribution in [2.75, 3.05) is 13.7 Å². The summed E-state index contributed by atoms with van der Waals surface area (Å²) in [6.45, 7) is 0.656. The average Bonchev–Trinajstić information content (AvgIpc) is 2.88. The standard InChI is InChI=1S/C14H24N2O2/c1-18-14(5-2-6-14)8-16-13(17)11-9-3-4-10(7-9)12(11)15/h9-12H,2-8,15H2,1H3,(H,16,17). The van der Waals surface area contributed by atoms with Crippen LogP contribution in [0, 0.1) is 17.8 Å². The van der Waals surface area contributed by atoms with Crippen molar-refractivity contribution in [2.24, 2.45) is 23.5 Å². The molecule has 18 heavy (non-hydrogen) atoms. The average molecular weight is 252 g/mol. The van der Waals surface area contributed by atoms with Crippen LogP contribution in [0.2, 0.25) is 0 Å². The van der Waals surface area contributed by atoms with E-state index in [1.807, 2.05) is 0 Å². The second kappa shape index (κ2) is 4.49. The van der Waals surface area contributed by atoms with Gasteiger partial charge in [-0.05, 0) is 50.4 Å². The van der Waals surface area contributed by atoms with Gasteiger partial charge in [0, 0.05) is 19.7 Å². The van der Waals surface area contributed by atoms with Crippen molar-refractivity contribution in [3.05, 3.63) is 0 Å². The third-order valence-electron chi connectivity index (χ3n) is 5.57. The second-order valence-electron chi connectivity index (χ2n) is 6.39. The summed E-state index contributed by atoms with van der Waals surface area (Å²) in [5.41, 5.74) is 6.11. The lowest BCUT2D eigenvalue weighted by Crippen LogP contribution is -2.53. The highest BCUT2D eigenvalue weighted by molar-refractivity contribution is 5.80. The lowest BCUT2D eigenvalue weighted by Gasteiger charge is -2.41. The molecular weight excluding hydrogens is 228 g/mol. The fraction of sp³-hybridized carbons (Fsp3) is 0.929. The molecule has 3 aliphatic carbocycles. The van der Waals surface area contributed by atoms with Crippen LogP contribution in [0.3, 0.4) is 0 Å². The second-order valence-corrected chi connectivity index (χ2v) is 6.39. The number of hydrogen-bond acceptors (Lipinski definition) is 3. The number of hydrogen-bond donors (Lipinski definition) is 2. The van der Waals surface area contributed by atoms with Crippen molar-refractivity contribution in [2.45, 2.75) is 50.2 Å². The van der Waals surface area contributed by atoms with Crippen molar-refractivity contribution in [3.63, 3.8) is 0 Å². The molecule has 3 fully saturated rings. The third-order valence-corrected chi connectivity index (χ3v) is 5.57. The van der Waals surface area contributed by atoms with E-state index in [2.05, 4.69) is 5.32 Å². The summed E-state index contributed by atoms with van der Waals surface area (Å²) in [5.74, 6) is 1.34. The molecule has 0 heterocycles. The number of amides is 1. The molecule has 2 bridgehead atoms. The van der Waals surface area contributed by atoms with Gasteiger partial charge in [0.1, 0.15) is 0 Å². The van der Waals surface area contributed by atoms with Crippen LogP contribution in [0.4, 0.5) is 0 Å². The Bertz CT molecular complexity index is 333. The molecule has 0 radical (unpaired) electrons. The number of carbonyl (C=O) groups is 1. The molecular formula is C14H24N2O2. The summed E-state index contributed by atoms with van der Waals surface area (Å²) < 4.78 is 5.53. The zero-order valence-corrected chi connectivity index (χ0v) is 11.2. The molecule has 3 aliphatic rings. The van der Waals surface area contributed by atoms with E-state index in [-0.39, 0.29) is 23.5 Å². The molecule has 3 saturated carbocycles. The summed E-state index contributed by atoms with van der Waals surface area (Å²) in [6.07, 6.45) is 6.90. The predicted molar refractivity (Wildman–Crippen MR) is 68.9 cm³/mol. The molecule has 0 saturated heterocycles. The van der Waals surface area contributed by atoms with Crippen LogP contribution >= 0.6 is 0 Å². The maximum Gasteiger partial charge on any atom is 0.225 e. The molecule has 0 aromatic heterocycles. The molecule has 3 N–H and O–H groups in total. The Hall–Kier alpha value is -0.610. The number of fused-ring (bicyclic) bond motifs is 2. The molecule has 1 amide bonds. The molecule has 0 aromatic carbocycles. The van der Waals surface area contributed by atoms with Crippen LogP contribution in [0.5, 0.6) is 0 Å². The Morgan fingerprint density at radius 2 is 2.11 bits per heavy atom. The smallest absolute Gasteiger partial charge is 0.225 e. The first-order chi connectivity index (χ1) is 8.65. The Morgan fingerprint density at radius 3 is 2.61 bits per heavy atom. The summed E-state index contributed by atoms with van der Waals surface area (Å²) in [7, 11) is 1.74. The van der Waals surface area contributed by atoms with Gasteiger partial charge < -0.3 is 15.8 Å². The number of nitrogens with two attached hydrogens (primary N) is 1. The lowest BCUT2D eigenvalue weighted by atomic mass is 9.79. The quantitative estimate of drug-likeness (QED) is 0.786. The highest BCUT2D eigenvalue weighted by Crippen LogP contribution is 2.47. The number of nitrogens with one attached hydrogen (secondary N) is 1. The molecule has 0 spiro atoms. The molecule has 3 rings (SSSR count). The van der Waals surface area contributed by atoms with Crippen LogP contribution < -0.4 is 11.1 Å². The van der Waals surface area contributed by atoms with Crippen LogP contribution in [0.1, 0.15) is 38.5 Å². The van der Waals surface area contributed by atoms with Crippen LogP contribution in [0.25, 0.3) is 0 Å². The fourth-order valence-electron chi connectivity index (χ4n) is 4.12. The molecule has 0 aromatic rings. The maximum atomic E-state index is 12.3. The normalized spacial score (nSPS) is 40.6.